The fourth-order valence-corrected chi connectivity index (χ4v) is 0. The maximum Gasteiger partial charge on any atom is 2.00 e. The Hall–Kier alpha value is 0.503. The van der Waals surface area contributed by atoms with Crippen molar-refractivity contribution in [1.82, 2.24) is 0 Å². The molecule has 0 saturated carbocycles. The first-order valence-electron chi connectivity index (χ1n) is 0. The molecule has 4 heteroatoms. The predicted molar refractivity (Wildman–Crippen MR) is 5.81 cm³/mol. The second-order valence-corrected chi connectivity index (χ2v) is 0. The third-order valence-electron chi connectivity index (χ3n) is 0. The molecular weight excluding hydrogens is 151 g/mol. The number of hydrogen-bond donors (Lipinski definition) is 0. The molecule has 0 spiro atoms. The van der Waals surface area contributed by atoms with E-state index in [4.69, 9.17) is 0 Å². The molecule has 0 bridgehead atoms. The second kappa shape index (κ2) is 86.6. The molecule has 4 heavy (non-hydrogen) atoms. The molecule has 31 valence electrons. The van der Waals surface area contributed by atoms with Gasteiger partial charge in [0.05, 0.1) is 0 Å². The topological polar surface area (TPSA) is 90.0 Å². The van der Waals surface area contributed by atoms with Crippen LogP contribution in [0, 0.1) is 0 Å². The van der Waals surface area contributed by atoms with Gasteiger partial charge in [0.25, 0.3) is 0 Å². The summed E-state index contributed by atoms with van der Waals surface area (Å²) in [5.41, 5.74) is 0. The van der Waals surface area contributed by atoms with Crippen LogP contribution in [-0.2, 0) is 19.5 Å². The molecule has 0 fully saturated rings. The third-order valence-corrected chi connectivity index (χ3v) is 0. The molecule has 0 aromatic carbocycles. The van der Waals surface area contributed by atoms with Crippen molar-refractivity contribution in [3.8, 4) is 0 Å². The van der Waals surface area contributed by atoms with Crippen LogP contribution >= 0.6 is 0 Å². The maximum absolute atomic E-state index is 0. The quantitative estimate of drug-likeness (QED) is 0.439. The smallest absolute Gasteiger partial charge is 0.870 e. The summed E-state index contributed by atoms with van der Waals surface area (Å²) < 4.78 is 0. The Morgan fingerprint density at radius 1 is 0.500 bits per heavy atom. The van der Waals surface area contributed by atoms with E-state index in [1.54, 1.807) is 0 Å². The largest absolute Gasteiger partial charge is 2.00 e. The predicted octanol–water partition coefficient (Wildman–Crippen LogP) is -0.533. The molecule has 1 radical (unpaired) electrons. The molecule has 3 nitrogen and oxygen atoms in total. The zero-order valence-corrected chi connectivity index (χ0v) is 3.31. The van der Waals surface area contributed by atoms with Crippen molar-refractivity contribution < 1.29 is 35.9 Å². The van der Waals surface area contributed by atoms with Crippen molar-refractivity contribution in [2.45, 2.75) is 0 Å². The van der Waals surface area contributed by atoms with Gasteiger partial charge in [-0.15, -0.1) is 0 Å². The van der Waals surface area contributed by atoms with E-state index in [1.807, 2.05) is 0 Å². The standard InChI is InChI=1S/3H2O.Rh/h3*1H2;/q;;;+2/p-3. The fraction of sp³-hybridized carbons (Fsp3) is 0. The van der Waals surface area contributed by atoms with Crippen molar-refractivity contribution in [1.29, 1.82) is 0 Å². The van der Waals surface area contributed by atoms with E-state index in [1.165, 1.54) is 0 Å². The van der Waals surface area contributed by atoms with Crippen LogP contribution in [0.3, 0.4) is 0 Å². The molecule has 0 aliphatic heterocycles. The van der Waals surface area contributed by atoms with E-state index in [0.29, 0.717) is 0 Å². The zero-order valence-electron chi connectivity index (χ0n) is 1.67. The van der Waals surface area contributed by atoms with Crippen LogP contribution in [0.2, 0.25) is 0 Å². The fourth-order valence-electron chi connectivity index (χ4n) is 0. The summed E-state index contributed by atoms with van der Waals surface area (Å²) in [6.45, 7) is 0. The van der Waals surface area contributed by atoms with Crippen molar-refractivity contribution in [2.75, 3.05) is 0 Å². The molecule has 0 unspecified atom stereocenters. The van der Waals surface area contributed by atoms with Crippen LogP contribution in [0.15, 0.2) is 0 Å². The van der Waals surface area contributed by atoms with Crippen LogP contribution < -0.4 is 0 Å². The van der Waals surface area contributed by atoms with Crippen LogP contribution in [0.1, 0.15) is 0 Å². The van der Waals surface area contributed by atoms with Gasteiger partial charge in [-0.05, 0) is 0 Å². The Balaban J connectivity index is 0. The second-order valence-electron chi connectivity index (χ2n) is 0. The van der Waals surface area contributed by atoms with Crippen molar-refractivity contribution in [3.05, 3.63) is 0 Å². The van der Waals surface area contributed by atoms with Crippen LogP contribution in [0.4, 0.5) is 0 Å². The molecule has 0 heterocycles. The normalized spacial score (nSPS) is 0. The minimum absolute atomic E-state index is 0. The Kier molecular flexibility index (Phi) is 4730. The average Bonchev–Trinajstić information content (AvgIpc) is 0. The van der Waals surface area contributed by atoms with Gasteiger partial charge in [-0.1, -0.05) is 0 Å². The van der Waals surface area contributed by atoms with Crippen molar-refractivity contribution in [2.24, 2.45) is 0 Å². The molecular formula is H3O3Rh-. The molecule has 0 rings (SSSR count). The van der Waals surface area contributed by atoms with Gasteiger partial charge in [-0.3, -0.25) is 0 Å². The monoisotopic (exact) mass is 154 g/mol. The summed E-state index contributed by atoms with van der Waals surface area (Å²) in [7, 11) is 0. The molecule has 0 amide bonds. The molecule has 0 aromatic heterocycles. The summed E-state index contributed by atoms with van der Waals surface area (Å²) >= 11 is 0. The first kappa shape index (κ1) is 218. The maximum atomic E-state index is 0. The minimum atomic E-state index is 0. The summed E-state index contributed by atoms with van der Waals surface area (Å²) in [5.74, 6) is 0. The van der Waals surface area contributed by atoms with Gasteiger partial charge >= 0.3 is 19.5 Å². The Morgan fingerprint density at radius 3 is 0.500 bits per heavy atom. The van der Waals surface area contributed by atoms with Gasteiger partial charge in [0.1, 0.15) is 0 Å². The van der Waals surface area contributed by atoms with Gasteiger partial charge in [0.2, 0.25) is 0 Å². The van der Waals surface area contributed by atoms with Crippen molar-refractivity contribution >= 4 is 0 Å². The first-order valence-corrected chi connectivity index (χ1v) is 0. The zero-order chi connectivity index (χ0) is 0. The van der Waals surface area contributed by atoms with E-state index in [0.717, 1.165) is 0 Å². The summed E-state index contributed by atoms with van der Waals surface area (Å²) in [5, 5.41) is 0. The van der Waals surface area contributed by atoms with Gasteiger partial charge in [0, 0.05) is 0 Å². The van der Waals surface area contributed by atoms with Gasteiger partial charge in [-0.25, -0.2) is 0 Å². The Labute approximate surface area is 36.7 Å². The molecule has 0 aliphatic rings. The van der Waals surface area contributed by atoms with Crippen LogP contribution in [0.5, 0.6) is 0 Å². The number of hydrogen-bond acceptors (Lipinski definition) is 3. The van der Waals surface area contributed by atoms with Crippen molar-refractivity contribution in [3.63, 3.8) is 0 Å². The van der Waals surface area contributed by atoms with Gasteiger partial charge in [-0.2, -0.15) is 0 Å². The third kappa shape index (κ3) is 22.3. The summed E-state index contributed by atoms with van der Waals surface area (Å²) in [4.78, 5) is 0. The van der Waals surface area contributed by atoms with Gasteiger partial charge < -0.3 is 16.4 Å². The Morgan fingerprint density at radius 2 is 0.500 bits per heavy atom. The average molecular weight is 154 g/mol. The molecule has 0 saturated heterocycles. The van der Waals surface area contributed by atoms with Gasteiger partial charge in [0.15, 0.2) is 0 Å². The molecule has 0 aliphatic carbocycles. The molecule has 0 aromatic rings. The minimum Gasteiger partial charge on any atom is -0.870 e. The van der Waals surface area contributed by atoms with E-state index in [2.05, 4.69) is 0 Å². The van der Waals surface area contributed by atoms with E-state index < -0.39 is 0 Å². The van der Waals surface area contributed by atoms with E-state index >= 15 is 0 Å². The number of rotatable bonds is 0. The summed E-state index contributed by atoms with van der Waals surface area (Å²) in [6.07, 6.45) is 0. The van der Waals surface area contributed by atoms with Crippen LogP contribution in [0.25, 0.3) is 0 Å². The van der Waals surface area contributed by atoms with E-state index in [-0.39, 0.29) is 35.9 Å². The molecule has 3 N–H and O–H groups in total. The van der Waals surface area contributed by atoms with Crippen LogP contribution in [-0.4, -0.2) is 16.4 Å². The Bertz CT molecular complexity index is 3.25. The first-order chi connectivity index (χ1) is 0. The summed E-state index contributed by atoms with van der Waals surface area (Å²) in [6, 6.07) is 0. The van der Waals surface area contributed by atoms with E-state index in [9.17, 15) is 0 Å². The molecule has 0 atom stereocenters. The SMILES string of the molecule is [OH-].[OH-].[OH-].[Rh+2].